The summed E-state index contributed by atoms with van der Waals surface area (Å²) in [6, 6.07) is 59.0. The van der Waals surface area contributed by atoms with Gasteiger partial charge in [0.25, 0.3) is 0 Å². The second-order valence-electron chi connectivity index (χ2n) is 19.0. The third kappa shape index (κ3) is 5.34. The smallest absolute Gasteiger partial charge is 0.392 e. The number of hydrogen-bond donors (Lipinski definition) is 0. The van der Waals surface area contributed by atoms with Crippen molar-refractivity contribution in [2.24, 2.45) is 0 Å². The molecular formula is C59H51N3O+2. The summed E-state index contributed by atoms with van der Waals surface area (Å²) in [4.78, 5) is 0. The van der Waals surface area contributed by atoms with Gasteiger partial charge in [0.15, 0.2) is 17.2 Å². The Morgan fingerprint density at radius 1 is 0.571 bits per heavy atom. The van der Waals surface area contributed by atoms with E-state index in [1.807, 2.05) is 27.7 Å². The summed E-state index contributed by atoms with van der Waals surface area (Å²) in [6.07, 6.45) is 2.23. The van der Waals surface area contributed by atoms with Gasteiger partial charge in [-0.25, -0.2) is 0 Å². The molecule has 5 heterocycles. The van der Waals surface area contributed by atoms with Crippen LogP contribution in [0, 0.1) is 0 Å². The van der Waals surface area contributed by atoms with Gasteiger partial charge in [0.1, 0.15) is 22.6 Å². The van der Waals surface area contributed by atoms with Crippen LogP contribution in [0.3, 0.4) is 0 Å². The lowest BCUT2D eigenvalue weighted by atomic mass is 9.80. The summed E-state index contributed by atoms with van der Waals surface area (Å²) in [6.45, 7) is 14.8. The van der Waals surface area contributed by atoms with Crippen molar-refractivity contribution in [2.75, 3.05) is 0 Å². The van der Waals surface area contributed by atoms with Gasteiger partial charge in [-0.15, -0.1) is 9.13 Å². The second kappa shape index (κ2) is 13.5. The molecule has 306 valence electrons. The number of para-hydroxylation sites is 2. The number of hydrogen-bond acceptors (Lipinski definition) is 1. The molecule has 3 aliphatic rings. The van der Waals surface area contributed by atoms with Crippen LogP contribution in [-0.4, -0.2) is 4.57 Å². The van der Waals surface area contributed by atoms with E-state index in [1.54, 1.807) is 0 Å². The van der Waals surface area contributed by atoms with Crippen molar-refractivity contribution in [3.05, 3.63) is 192 Å². The predicted molar refractivity (Wildman–Crippen MR) is 256 cm³/mol. The van der Waals surface area contributed by atoms with E-state index in [-0.39, 0.29) is 5.41 Å². The summed E-state index contributed by atoms with van der Waals surface area (Å²) in [5.41, 5.74) is 19.5. The van der Waals surface area contributed by atoms with Crippen LogP contribution >= 0.6 is 0 Å². The first-order chi connectivity index (χ1) is 31.1. The van der Waals surface area contributed by atoms with Crippen LogP contribution in [0.25, 0.3) is 83.9 Å². The van der Waals surface area contributed by atoms with Crippen molar-refractivity contribution in [3.63, 3.8) is 0 Å². The highest BCUT2D eigenvalue weighted by molar-refractivity contribution is 5.99. The van der Waals surface area contributed by atoms with E-state index in [0.717, 1.165) is 95.2 Å². The van der Waals surface area contributed by atoms with Crippen LogP contribution in [-0.2, 0) is 11.3 Å². The fourth-order valence-electron chi connectivity index (χ4n) is 10.5. The molecule has 1 spiro atoms. The first-order valence-electron chi connectivity index (χ1n) is 23.2. The van der Waals surface area contributed by atoms with E-state index < -0.39 is 17.6 Å². The Morgan fingerprint density at radius 2 is 1.24 bits per heavy atom. The molecular weight excluding hydrogens is 767 g/mol. The highest BCUT2D eigenvalue weighted by atomic mass is 16.5. The van der Waals surface area contributed by atoms with Gasteiger partial charge in [-0.1, -0.05) is 152 Å². The van der Waals surface area contributed by atoms with E-state index in [4.69, 9.17) is 6.11 Å². The molecule has 4 nitrogen and oxygen atoms in total. The molecule has 2 aromatic heterocycles. The first kappa shape index (κ1) is 35.5. The number of pyridine rings is 1. The number of aromatic nitrogens is 3. The summed E-state index contributed by atoms with van der Waals surface area (Å²) in [7, 11) is 0. The molecule has 0 amide bonds. The summed E-state index contributed by atoms with van der Waals surface area (Å²) in [5.74, 6) is -0.833. The maximum Gasteiger partial charge on any atom is 0.499 e. The Morgan fingerprint density at radius 3 is 1.94 bits per heavy atom. The Hall–Kier alpha value is -7.04. The van der Waals surface area contributed by atoms with Crippen LogP contribution in [0.15, 0.2) is 170 Å². The molecule has 1 unspecified atom stereocenters. The van der Waals surface area contributed by atoms with Gasteiger partial charge in [-0.3, -0.25) is 0 Å². The molecule has 63 heavy (non-hydrogen) atoms. The van der Waals surface area contributed by atoms with Crippen molar-refractivity contribution in [3.8, 4) is 78.6 Å². The van der Waals surface area contributed by atoms with E-state index >= 15 is 0 Å². The third-order valence-electron chi connectivity index (χ3n) is 13.6. The summed E-state index contributed by atoms with van der Waals surface area (Å²) in [5, 5.41) is 0. The zero-order valence-electron chi connectivity index (χ0n) is 38.9. The molecule has 0 fully saturated rings. The molecule has 0 radical (unpaired) electrons. The van der Waals surface area contributed by atoms with Gasteiger partial charge in [0.05, 0.1) is 5.56 Å². The van der Waals surface area contributed by atoms with Crippen molar-refractivity contribution in [2.45, 2.75) is 71.5 Å². The lowest BCUT2D eigenvalue weighted by molar-refractivity contribution is -0.997. The number of benzene rings is 7. The average molecular weight is 820 g/mol. The van der Waals surface area contributed by atoms with E-state index in [2.05, 4.69) is 204 Å². The highest BCUT2D eigenvalue weighted by Crippen LogP contribution is 2.55. The molecule has 0 bridgehead atoms. The Kier molecular flexibility index (Phi) is 7.60. The number of fused-ring (bicyclic) bond motifs is 5. The van der Waals surface area contributed by atoms with Gasteiger partial charge in [0.2, 0.25) is 5.69 Å². The normalized spacial score (nSPS) is 16.2. The number of rotatable bonds is 6. The predicted octanol–water partition coefficient (Wildman–Crippen LogP) is 14.0. The Balaban J connectivity index is 1.23. The molecule has 9 aromatic rings. The van der Waals surface area contributed by atoms with E-state index in [9.17, 15) is 1.37 Å². The van der Waals surface area contributed by atoms with Gasteiger partial charge in [-0.05, 0) is 110 Å². The van der Waals surface area contributed by atoms with Gasteiger partial charge in [0, 0.05) is 31.6 Å². The average Bonchev–Trinajstić information content (AvgIpc) is 3.79. The van der Waals surface area contributed by atoms with E-state index in [1.165, 1.54) is 16.7 Å². The number of nitrogens with zero attached hydrogens (tertiary/aromatic N) is 3. The zero-order chi connectivity index (χ0) is 44.8. The molecule has 1 atom stereocenters. The lowest BCUT2D eigenvalue weighted by Crippen LogP contribution is -2.78. The minimum atomic E-state index is -1.10. The second-order valence-corrected chi connectivity index (χ2v) is 19.0. The van der Waals surface area contributed by atoms with Crippen LogP contribution in [0.4, 0.5) is 0 Å². The monoisotopic (exact) mass is 819 g/mol. The Bertz CT molecular complexity index is 3440. The third-order valence-corrected chi connectivity index (χ3v) is 13.6. The molecule has 0 saturated heterocycles. The molecule has 7 aromatic carbocycles. The number of ether oxygens (including phenoxy) is 1. The quantitative estimate of drug-likeness (QED) is 0.153. The molecule has 4 heteroatoms. The van der Waals surface area contributed by atoms with Crippen molar-refractivity contribution in [1.82, 2.24) is 4.57 Å². The molecule has 3 aliphatic heterocycles. The molecule has 0 N–H and O–H groups in total. The SMILES string of the molecule is [2H]C(C)(C)c1ccc(-c2cc[n+]3c(c2)-c2cc(C(C)(C)C)cc4c2C32Oc3ccccc3-c3n(-c5cc(-c6ccccc6)c(C([2H])(C)C)cc5-c5ccccc5)c5cccc-4c5[n+]32)cc1. The summed E-state index contributed by atoms with van der Waals surface area (Å²) >= 11 is 0. The molecule has 0 aliphatic carbocycles. The number of imidazole rings is 1. The minimum absolute atomic E-state index is 0.132. The Labute approximate surface area is 373 Å². The van der Waals surface area contributed by atoms with Crippen molar-refractivity contribution >= 4 is 11.0 Å². The van der Waals surface area contributed by atoms with Crippen molar-refractivity contribution in [1.29, 1.82) is 0 Å². The van der Waals surface area contributed by atoms with Crippen LogP contribution < -0.4 is 13.9 Å². The van der Waals surface area contributed by atoms with E-state index in [0.29, 0.717) is 0 Å². The fraction of sp³-hybridized carbons (Fsp3) is 0.186. The zero-order valence-corrected chi connectivity index (χ0v) is 36.9. The topological polar surface area (TPSA) is 21.9 Å². The standard InChI is InChI=1S/C59H51N3O/c1-36(2)38-25-27-39(28-26-38)42-29-30-60-52(31-42)50-33-43(58(5,6)7)32-49-44-22-16-23-51-56(44)62-57(45-21-14-15-24-54(45)63-59(60,62)55(49)50)61(51)53-35-47(40-17-10-8-11-18-40)46(37(3)4)34-48(53)41-19-12-9-13-20-41/h8-37H,1-7H3/q+2/i36D,37D. The van der Waals surface area contributed by atoms with Gasteiger partial charge in [-0.2, -0.15) is 4.57 Å². The van der Waals surface area contributed by atoms with Gasteiger partial charge < -0.3 is 4.74 Å². The molecule has 0 saturated carbocycles. The van der Waals surface area contributed by atoms with Gasteiger partial charge >= 0.3 is 11.7 Å². The lowest BCUT2D eigenvalue weighted by Gasteiger charge is -2.33. The highest BCUT2D eigenvalue weighted by Gasteiger charge is 2.68. The maximum absolute atomic E-state index is 9.54. The first-order valence-corrected chi connectivity index (χ1v) is 22.2. The van der Waals surface area contributed by atoms with Crippen LogP contribution in [0.2, 0.25) is 0 Å². The summed E-state index contributed by atoms with van der Waals surface area (Å²) < 4.78 is 33.3. The molecule has 12 rings (SSSR count). The fourth-order valence-corrected chi connectivity index (χ4v) is 10.5. The largest absolute Gasteiger partial charge is 0.499 e. The minimum Gasteiger partial charge on any atom is -0.392 e. The maximum atomic E-state index is 9.54. The van der Waals surface area contributed by atoms with Crippen LogP contribution in [0.1, 0.15) is 85.2 Å². The van der Waals surface area contributed by atoms with Crippen molar-refractivity contribution < 1.29 is 16.6 Å². The van der Waals surface area contributed by atoms with Crippen LogP contribution in [0.5, 0.6) is 5.75 Å².